The number of likely N-dealkylation sites (N-methyl/N-ethyl adjacent to an activating group) is 1. The van der Waals surface area contributed by atoms with Crippen molar-refractivity contribution in [3.05, 3.63) is 101 Å². The zero-order valence-electron chi connectivity index (χ0n) is 21.9. The number of benzene rings is 3. The third-order valence-corrected chi connectivity index (χ3v) is 7.55. The van der Waals surface area contributed by atoms with Crippen molar-refractivity contribution < 1.29 is 18.0 Å². The van der Waals surface area contributed by atoms with Gasteiger partial charge in [0.15, 0.2) is 0 Å². The first-order valence-electron chi connectivity index (χ1n) is 12.5. The van der Waals surface area contributed by atoms with Crippen LogP contribution < -0.4 is 9.62 Å². The molecule has 3 aromatic carbocycles. The third kappa shape index (κ3) is 7.82. The molecule has 1 atom stereocenters. The number of hydrogen-bond donors (Lipinski definition) is 1. The highest BCUT2D eigenvalue weighted by Gasteiger charge is 2.33. The Kier molecular flexibility index (Phi) is 10.3. The van der Waals surface area contributed by atoms with Gasteiger partial charge in [0.2, 0.25) is 21.8 Å². The van der Waals surface area contributed by atoms with Gasteiger partial charge in [-0.2, -0.15) is 0 Å². The summed E-state index contributed by atoms with van der Waals surface area (Å²) in [6.07, 6.45) is 1.95. The maximum atomic E-state index is 14.0. The van der Waals surface area contributed by atoms with Crippen LogP contribution >= 0.6 is 11.6 Å². The van der Waals surface area contributed by atoms with Crippen molar-refractivity contribution in [3.8, 4) is 0 Å². The molecule has 3 rings (SSSR count). The van der Waals surface area contributed by atoms with Crippen molar-refractivity contribution in [2.45, 2.75) is 39.3 Å². The second-order valence-electron chi connectivity index (χ2n) is 9.00. The number of nitrogens with zero attached hydrogens (tertiary/aromatic N) is 2. The highest BCUT2D eigenvalue weighted by molar-refractivity contribution is 7.92. The van der Waals surface area contributed by atoms with Crippen LogP contribution in [0.1, 0.15) is 30.5 Å². The smallest absolute Gasteiger partial charge is 0.244 e. The number of anilines is 1. The Morgan fingerprint density at radius 2 is 1.58 bits per heavy atom. The first-order chi connectivity index (χ1) is 18.1. The number of amides is 2. The topological polar surface area (TPSA) is 86.8 Å². The predicted molar refractivity (Wildman–Crippen MR) is 153 cm³/mol. The molecule has 3 aromatic rings. The van der Waals surface area contributed by atoms with E-state index in [-0.39, 0.29) is 18.9 Å². The quantitative estimate of drug-likeness (QED) is 0.358. The van der Waals surface area contributed by atoms with Gasteiger partial charge in [0.1, 0.15) is 12.6 Å². The van der Waals surface area contributed by atoms with Crippen LogP contribution in [0.5, 0.6) is 0 Å². The number of hydrogen-bond acceptors (Lipinski definition) is 4. The summed E-state index contributed by atoms with van der Waals surface area (Å²) in [6, 6.07) is 22.7. The summed E-state index contributed by atoms with van der Waals surface area (Å²) in [7, 11) is -3.81. The van der Waals surface area contributed by atoms with E-state index in [9.17, 15) is 18.0 Å². The minimum atomic E-state index is -3.81. The molecule has 9 heteroatoms. The summed E-state index contributed by atoms with van der Waals surface area (Å²) in [5, 5.41) is 3.34. The van der Waals surface area contributed by atoms with Crippen LogP contribution in [0.3, 0.4) is 0 Å². The molecule has 0 aromatic heterocycles. The van der Waals surface area contributed by atoms with E-state index >= 15 is 0 Å². The molecule has 0 aliphatic rings. The molecule has 0 radical (unpaired) electrons. The summed E-state index contributed by atoms with van der Waals surface area (Å²) in [4.78, 5) is 28.8. The molecule has 0 aliphatic heterocycles. The molecule has 0 fully saturated rings. The Bertz CT molecular complexity index is 1350. The fraction of sp³-hybridized carbons (Fsp3) is 0.310. The molecule has 2 amide bonds. The van der Waals surface area contributed by atoms with E-state index in [1.807, 2.05) is 62.4 Å². The number of rotatable bonds is 12. The molecular formula is C29H34ClN3O4S. The molecule has 0 bridgehead atoms. The monoisotopic (exact) mass is 555 g/mol. The second kappa shape index (κ2) is 13.4. The van der Waals surface area contributed by atoms with Gasteiger partial charge in [-0.05, 0) is 48.2 Å². The molecule has 0 heterocycles. The lowest BCUT2D eigenvalue weighted by Crippen LogP contribution is -2.53. The number of sulfonamides is 1. The van der Waals surface area contributed by atoms with E-state index in [1.165, 1.54) is 4.90 Å². The number of nitrogens with one attached hydrogen (secondary N) is 1. The Balaban J connectivity index is 2.06. The molecule has 202 valence electrons. The number of halogens is 1. The lowest BCUT2D eigenvalue weighted by Gasteiger charge is -2.34. The van der Waals surface area contributed by atoms with E-state index < -0.39 is 28.5 Å². The van der Waals surface area contributed by atoms with Crippen molar-refractivity contribution >= 4 is 39.1 Å². The molecule has 1 N–H and O–H groups in total. The zero-order chi connectivity index (χ0) is 27.7. The van der Waals surface area contributed by atoms with E-state index in [1.54, 1.807) is 30.3 Å². The minimum absolute atomic E-state index is 0.0844. The van der Waals surface area contributed by atoms with Gasteiger partial charge in [-0.15, -0.1) is 0 Å². The molecule has 0 unspecified atom stereocenters. The van der Waals surface area contributed by atoms with Gasteiger partial charge in [-0.1, -0.05) is 79.2 Å². The predicted octanol–water partition coefficient (Wildman–Crippen LogP) is 4.44. The van der Waals surface area contributed by atoms with E-state index in [4.69, 9.17) is 11.6 Å². The SMILES string of the molecule is CCNC(=O)[C@@H](Cc1ccccc1)N(Cc1cccc(Cl)c1)C(=O)CN(c1ccccc1CC)S(C)(=O)=O. The number of aryl methyl sites for hydroxylation is 1. The van der Waals surface area contributed by atoms with Crippen LogP contribution in [0.25, 0.3) is 0 Å². The minimum Gasteiger partial charge on any atom is -0.355 e. The van der Waals surface area contributed by atoms with Gasteiger partial charge < -0.3 is 10.2 Å². The standard InChI is InChI=1S/C29H34ClN3O4S/c1-4-24-15-9-10-17-26(24)33(38(3,36)37)21-28(34)32(20-23-14-11-16-25(30)18-23)27(29(35)31-5-2)19-22-12-7-6-8-13-22/h6-18,27H,4-5,19-21H2,1-3H3,(H,31,35)/t27-/m1/s1. The number of carbonyl (C=O) groups excluding carboxylic acids is 2. The Morgan fingerprint density at radius 1 is 0.921 bits per heavy atom. The normalized spacial score (nSPS) is 12.0. The van der Waals surface area contributed by atoms with Gasteiger partial charge in [-0.3, -0.25) is 13.9 Å². The average Bonchev–Trinajstić information content (AvgIpc) is 2.89. The lowest BCUT2D eigenvalue weighted by atomic mass is 10.0. The first kappa shape index (κ1) is 29.2. The van der Waals surface area contributed by atoms with Crippen molar-refractivity contribution in [2.75, 3.05) is 23.7 Å². The summed E-state index contributed by atoms with van der Waals surface area (Å²) in [5.74, 6) is -0.805. The highest BCUT2D eigenvalue weighted by atomic mass is 35.5. The molecular weight excluding hydrogens is 522 g/mol. The number of carbonyl (C=O) groups is 2. The van der Waals surface area contributed by atoms with Gasteiger partial charge in [0.05, 0.1) is 11.9 Å². The summed E-state index contributed by atoms with van der Waals surface area (Å²) < 4.78 is 27.0. The first-order valence-corrected chi connectivity index (χ1v) is 14.8. The maximum Gasteiger partial charge on any atom is 0.244 e. The Morgan fingerprint density at radius 3 is 2.21 bits per heavy atom. The fourth-order valence-electron chi connectivity index (χ4n) is 4.33. The molecule has 0 aliphatic carbocycles. The van der Waals surface area contributed by atoms with Crippen molar-refractivity contribution in [2.24, 2.45) is 0 Å². The zero-order valence-corrected chi connectivity index (χ0v) is 23.5. The molecule has 0 saturated heterocycles. The van der Waals surface area contributed by atoms with Crippen LogP contribution in [-0.4, -0.2) is 50.5 Å². The molecule has 0 spiro atoms. The Labute approximate surface area is 230 Å². The van der Waals surface area contributed by atoms with E-state index in [0.29, 0.717) is 23.7 Å². The van der Waals surface area contributed by atoms with Crippen molar-refractivity contribution in [3.63, 3.8) is 0 Å². The van der Waals surface area contributed by atoms with Crippen LogP contribution in [0.15, 0.2) is 78.9 Å². The van der Waals surface area contributed by atoms with Gasteiger partial charge in [-0.25, -0.2) is 8.42 Å². The lowest BCUT2D eigenvalue weighted by molar-refractivity contribution is -0.140. The van der Waals surface area contributed by atoms with Gasteiger partial charge in [0.25, 0.3) is 0 Å². The van der Waals surface area contributed by atoms with Crippen molar-refractivity contribution in [1.29, 1.82) is 0 Å². The summed E-state index contributed by atoms with van der Waals surface area (Å²) in [6.45, 7) is 3.77. The summed E-state index contributed by atoms with van der Waals surface area (Å²) >= 11 is 6.22. The van der Waals surface area contributed by atoms with Crippen LogP contribution in [0.4, 0.5) is 5.69 Å². The van der Waals surface area contributed by atoms with Crippen LogP contribution in [0.2, 0.25) is 5.02 Å². The second-order valence-corrected chi connectivity index (χ2v) is 11.3. The van der Waals surface area contributed by atoms with Crippen molar-refractivity contribution in [1.82, 2.24) is 10.2 Å². The molecule has 0 saturated carbocycles. The highest BCUT2D eigenvalue weighted by Crippen LogP contribution is 2.25. The number of para-hydroxylation sites is 1. The fourth-order valence-corrected chi connectivity index (χ4v) is 5.42. The van der Waals surface area contributed by atoms with E-state index in [2.05, 4.69) is 5.32 Å². The average molecular weight is 556 g/mol. The van der Waals surface area contributed by atoms with Crippen LogP contribution in [0, 0.1) is 0 Å². The van der Waals surface area contributed by atoms with Gasteiger partial charge >= 0.3 is 0 Å². The third-order valence-electron chi connectivity index (χ3n) is 6.18. The molecule has 7 nitrogen and oxygen atoms in total. The molecule has 38 heavy (non-hydrogen) atoms. The van der Waals surface area contributed by atoms with E-state index in [0.717, 1.165) is 27.3 Å². The largest absolute Gasteiger partial charge is 0.355 e. The van der Waals surface area contributed by atoms with Gasteiger partial charge in [0, 0.05) is 24.5 Å². The maximum absolute atomic E-state index is 14.0. The Hall–Kier alpha value is -3.36. The van der Waals surface area contributed by atoms with Crippen LogP contribution in [-0.2, 0) is 39.0 Å². The summed E-state index contributed by atoms with van der Waals surface area (Å²) in [5.41, 5.74) is 2.86.